The second-order valence-corrected chi connectivity index (χ2v) is 3.15. The van der Waals surface area contributed by atoms with E-state index in [9.17, 15) is 22.4 Å². The number of ketones is 1. The Morgan fingerprint density at radius 2 is 1.80 bits per heavy atom. The van der Waals surface area contributed by atoms with E-state index < -0.39 is 34.5 Å². The molecule has 0 spiro atoms. The molecule has 0 amide bonds. The van der Waals surface area contributed by atoms with Gasteiger partial charge in [-0.3, -0.25) is 4.79 Å². The highest BCUT2D eigenvalue weighted by Gasteiger charge is 2.37. The Hall–Kier alpha value is -1.39. The molecule has 0 aliphatic carbocycles. The maximum Gasteiger partial charge on any atom is 0.417 e. The number of carbonyl (C=O) groups is 1. The van der Waals surface area contributed by atoms with Gasteiger partial charge in [-0.25, -0.2) is 4.39 Å². The van der Waals surface area contributed by atoms with Crippen LogP contribution in [-0.4, -0.2) is 5.78 Å². The van der Waals surface area contributed by atoms with Gasteiger partial charge in [0, 0.05) is 5.56 Å². The quantitative estimate of drug-likeness (QED) is 0.524. The molecule has 5 heteroatoms. The number of rotatable bonds is 1. The molecule has 1 nitrogen and oxygen atoms in total. The molecular formula is C10H8F4O. The minimum Gasteiger partial charge on any atom is -0.294 e. The Labute approximate surface area is 83.7 Å². The zero-order valence-corrected chi connectivity index (χ0v) is 8.07. The van der Waals surface area contributed by atoms with Crippen molar-refractivity contribution in [2.24, 2.45) is 0 Å². The van der Waals surface area contributed by atoms with E-state index >= 15 is 0 Å². The maximum absolute atomic E-state index is 12.9. The minimum atomic E-state index is -4.72. The Balaban J connectivity index is 3.57. The molecule has 82 valence electrons. The number of Topliss-reactive ketones (excluding diaryl/α,β-unsaturated/α-hetero) is 1. The van der Waals surface area contributed by atoms with Crippen LogP contribution in [0.1, 0.15) is 28.4 Å². The fourth-order valence-corrected chi connectivity index (χ4v) is 1.34. The van der Waals surface area contributed by atoms with E-state index in [0.29, 0.717) is 0 Å². The highest BCUT2D eigenvalue weighted by atomic mass is 19.4. The molecule has 0 aliphatic rings. The number of hydrogen-bond donors (Lipinski definition) is 0. The number of hydrogen-bond acceptors (Lipinski definition) is 1. The third-order valence-corrected chi connectivity index (χ3v) is 2.06. The third-order valence-electron chi connectivity index (χ3n) is 2.06. The summed E-state index contributed by atoms with van der Waals surface area (Å²) >= 11 is 0. The van der Waals surface area contributed by atoms with E-state index in [4.69, 9.17) is 0 Å². The summed E-state index contributed by atoms with van der Waals surface area (Å²) in [6, 6.07) is 1.72. The van der Waals surface area contributed by atoms with Crippen LogP contribution in [0.25, 0.3) is 0 Å². The van der Waals surface area contributed by atoms with Crippen molar-refractivity contribution in [3.05, 3.63) is 34.6 Å². The van der Waals surface area contributed by atoms with Gasteiger partial charge < -0.3 is 0 Å². The molecule has 0 heterocycles. The molecule has 0 saturated carbocycles. The highest BCUT2D eigenvalue weighted by molar-refractivity contribution is 5.96. The highest BCUT2D eigenvalue weighted by Crippen LogP contribution is 2.35. The van der Waals surface area contributed by atoms with Crippen LogP contribution in [0.3, 0.4) is 0 Å². The molecule has 0 radical (unpaired) electrons. The molecule has 0 atom stereocenters. The number of carbonyl (C=O) groups excluding carboxylic acids is 1. The Morgan fingerprint density at radius 3 is 2.20 bits per heavy atom. The van der Waals surface area contributed by atoms with Gasteiger partial charge in [-0.15, -0.1) is 0 Å². The van der Waals surface area contributed by atoms with Crippen LogP contribution in [0.4, 0.5) is 17.6 Å². The Morgan fingerprint density at radius 1 is 1.27 bits per heavy atom. The summed E-state index contributed by atoms with van der Waals surface area (Å²) < 4.78 is 50.5. The maximum atomic E-state index is 12.9. The Kier molecular flexibility index (Phi) is 2.83. The molecule has 0 bridgehead atoms. The number of halogens is 4. The molecule has 15 heavy (non-hydrogen) atoms. The minimum absolute atomic E-state index is 0.499. The fourth-order valence-electron chi connectivity index (χ4n) is 1.34. The summed E-state index contributed by atoms with van der Waals surface area (Å²) in [7, 11) is 0. The van der Waals surface area contributed by atoms with Crippen LogP contribution < -0.4 is 0 Å². The van der Waals surface area contributed by atoms with Crippen molar-refractivity contribution in [1.82, 2.24) is 0 Å². The monoisotopic (exact) mass is 220 g/mol. The average Bonchev–Trinajstić information content (AvgIpc) is 2.06. The molecule has 0 aromatic heterocycles. The number of alkyl halides is 3. The first-order chi connectivity index (χ1) is 6.75. The first-order valence-electron chi connectivity index (χ1n) is 4.12. The normalized spacial score (nSPS) is 11.6. The summed E-state index contributed by atoms with van der Waals surface area (Å²) in [6.07, 6.45) is -4.72. The van der Waals surface area contributed by atoms with Crippen molar-refractivity contribution in [2.75, 3.05) is 0 Å². The lowest BCUT2D eigenvalue weighted by Crippen LogP contribution is -2.15. The van der Waals surface area contributed by atoms with Crippen LogP contribution in [0, 0.1) is 12.7 Å². The zero-order chi connectivity index (χ0) is 11.8. The lowest BCUT2D eigenvalue weighted by Gasteiger charge is -2.14. The first-order valence-corrected chi connectivity index (χ1v) is 4.12. The van der Waals surface area contributed by atoms with Crippen LogP contribution in [0.2, 0.25) is 0 Å². The van der Waals surface area contributed by atoms with E-state index in [-0.39, 0.29) is 0 Å². The third kappa shape index (κ3) is 2.16. The summed E-state index contributed by atoms with van der Waals surface area (Å²) in [5.74, 6) is -1.70. The lowest BCUT2D eigenvalue weighted by atomic mass is 9.98. The summed E-state index contributed by atoms with van der Waals surface area (Å²) in [6.45, 7) is 2.02. The van der Waals surface area contributed by atoms with Gasteiger partial charge in [-0.2, -0.15) is 13.2 Å². The van der Waals surface area contributed by atoms with Crippen LogP contribution in [0.15, 0.2) is 12.1 Å². The van der Waals surface area contributed by atoms with Gasteiger partial charge >= 0.3 is 6.18 Å². The van der Waals surface area contributed by atoms with E-state index in [0.717, 1.165) is 26.0 Å². The number of benzene rings is 1. The largest absolute Gasteiger partial charge is 0.417 e. The molecule has 1 aromatic carbocycles. The second-order valence-electron chi connectivity index (χ2n) is 3.15. The van der Waals surface area contributed by atoms with Crippen molar-refractivity contribution in [2.45, 2.75) is 20.0 Å². The van der Waals surface area contributed by atoms with Gasteiger partial charge in [0.25, 0.3) is 0 Å². The van der Waals surface area contributed by atoms with E-state index in [1.165, 1.54) is 0 Å². The summed E-state index contributed by atoms with van der Waals surface area (Å²) in [5, 5.41) is 0. The van der Waals surface area contributed by atoms with Gasteiger partial charge in [0.2, 0.25) is 0 Å². The molecule has 0 aliphatic heterocycles. The van der Waals surface area contributed by atoms with Crippen LogP contribution in [-0.2, 0) is 6.18 Å². The molecule has 1 aromatic rings. The van der Waals surface area contributed by atoms with Crippen molar-refractivity contribution in [3.8, 4) is 0 Å². The summed E-state index contributed by atoms with van der Waals surface area (Å²) in [5.41, 5.74) is -2.23. The van der Waals surface area contributed by atoms with Crippen molar-refractivity contribution >= 4 is 5.78 Å². The zero-order valence-electron chi connectivity index (χ0n) is 8.07. The van der Waals surface area contributed by atoms with Crippen molar-refractivity contribution < 1.29 is 22.4 Å². The predicted molar refractivity (Wildman–Crippen MR) is 46.1 cm³/mol. The standard InChI is InChI=1S/C10H8F4O/c1-5-8(11)4-3-7(6(2)15)9(5)10(12,13)14/h3-4H,1-2H3. The van der Waals surface area contributed by atoms with Gasteiger partial charge in [0.05, 0.1) is 5.56 Å². The molecular weight excluding hydrogens is 212 g/mol. The second kappa shape index (κ2) is 3.64. The van der Waals surface area contributed by atoms with E-state index in [1.54, 1.807) is 0 Å². The average molecular weight is 220 g/mol. The Bertz CT molecular complexity index is 407. The van der Waals surface area contributed by atoms with Crippen molar-refractivity contribution in [1.29, 1.82) is 0 Å². The predicted octanol–water partition coefficient (Wildman–Crippen LogP) is 3.36. The molecule has 0 N–H and O–H groups in total. The van der Waals surface area contributed by atoms with E-state index in [2.05, 4.69) is 0 Å². The molecule has 1 rings (SSSR count). The topological polar surface area (TPSA) is 17.1 Å². The fraction of sp³-hybridized carbons (Fsp3) is 0.300. The first kappa shape index (κ1) is 11.7. The van der Waals surface area contributed by atoms with Gasteiger partial charge in [0.15, 0.2) is 5.78 Å². The van der Waals surface area contributed by atoms with Crippen molar-refractivity contribution in [3.63, 3.8) is 0 Å². The lowest BCUT2D eigenvalue weighted by molar-refractivity contribution is -0.138. The van der Waals surface area contributed by atoms with Crippen LogP contribution in [0.5, 0.6) is 0 Å². The van der Waals surface area contributed by atoms with Gasteiger partial charge in [-0.05, 0) is 31.5 Å². The van der Waals surface area contributed by atoms with Gasteiger partial charge in [-0.1, -0.05) is 0 Å². The van der Waals surface area contributed by atoms with Crippen LogP contribution >= 0.6 is 0 Å². The smallest absolute Gasteiger partial charge is 0.294 e. The molecule has 0 fully saturated rings. The van der Waals surface area contributed by atoms with E-state index in [1.807, 2.05) is 0 Å². The molecule has 0 unspecified atom stereocenters. The van der Waals surface area contributed by atoms with Gasteiger partial charge in [0.1, 0.15) is 5.82 Å². The SMILES string of the molecule is CC(=O)c1ccc(F)c(C)c1C(F)(F)F. The summed E-state index contributed by atoms with van der Waals surface area (Å²) in [4.78, 5) is 11.0. The molecule has 0 saturated heterocycles.